The van der Waals surface area contributed by atoms with E-state index in [1.165, 1.54) is 16.8 Å². The van der Waals surface area contributed by atoms with Crippen molar-refractivity contribution in [2.45, 2.75) is 33.3 Å². The summed E-state index contributed by atoms with van der Waals surface area (Å²) >= 11 is 0. The van der Waals surface area contributed by atoms with Crippen LogP contribution in [0.3, 0.4) is 0 Å². The Hall–Kier alpha value is -2.04. The Morgan fingerprint density at radius 1 is 1.39 bits per heavy atom. The van der Waals surface area contributed by atoms with E-state index in [1.807, 2.05) is 0 Å². The van der Waals surface area contributed by atoms with Crippen molar-refractivity contribution < 1.29 is 19.4 Å². The van der Waals surface area contributed by atoms with Crippen LogP contribution in [-0.2, 0) is 9.53 Å². The van der Waals surface area contributed by atoms with Crippen molar-refractivity contribution >= 4 is 17.6 Å². The molecule has 1 rings (SSSR count). The van der Waals surface area contributed by atoms with Crippen molar-refractivity contribution in [2.75, 3.05) is 0 Å². The molecule has 0 fully saturated rings. The number of allylic oxidation sites excluding steroid dienone is 1. The average molecular weight is 251 g/mol. The number of rotatable bonds is 2. The summed E-state index contributed by atoms with van der Waals surface area (Å²) in [6, 6.07) is 3.17. The molecule has 0 spiro atoms. The molecule has 0 saturated carbocycles. The highest BCUT2D eigenvalue weighted by Crippen LogP contribution is 2.18. The van der Waals surface area contributed by atoms with Crippen LogP contribution in [-0.4, -0.2) is 27.3 Å². The quantitative estimate of drug-likeness (QED) is 0.820. The first kappa shape index (κ1) is 14.0. The van der Waals surface area contributed by atoms with E-state index in [2.05, 4.69) is 0 Å². The maximum absolute atomic E-state index is 11.9. The second-order valence-electron chi connectivity index (χ2n) is 4.75. The first-order chi connectivity index (χ1) is 8.26. The summed E-state index contributed by atoms with van der Waals surface area (Å²) in [6.07, 6.45) is 2.33. The molecule has 0 aliphatic heterocycles. The molecule has 1 N–H and O–H groups in total. The lowest BCUT2D eigenvalue weighted by molar-refractivity contribution is -0.130. The molecule has 5 nitrogen and oxygen atoms in total. The minimum atomic E-state index is -1.08. The topological polar surface area (TPSA) is 68.5 Å². The van der Waals surface area contributed by atoms with Gasteiger partial charge in [-0.05, 0) is 39.8 Å². The number of carboxylic acid groups (broad SMARTS) is 1. The summed E-state index contributed by atoms with van der Waals surface area (Å²) in [7, 11) is 0. The van der Waals surface area contributed by atoms with Gasteiger partial charge in [0.1, 0.15) is 5.60 Å². The normalized spacial score (nSPS) is 12.3. The number of nitrogens with zero attached hydrogens (tertiary/aromatic N) is 1. The zero-order chi connectivity index (χ0) is 13.9. The van der Waals surface area contributed by atoms with Crippen molar-refractivity contribution in [2.24, 2.45) is 0 Å². The largest absolute Gasteiger partial charge is 0.478 e. The highest BCUT2D eigenvalue weighted by Gasteiger charge is 2.22. The molecule has 0 unspecified atom stereocenters. The van der Waals surface area contributed by atoms with Gasteiger partial charge in [-0.3, -0.25) is 4.57 Å². The number of carboxylic acids is 1. The third kappa shape index (κ3) is 3.23. The monoisotopic (exact) mass is 251 g/mol. The molecule has 0 aromatic carbocycles. The zero-order valence-corrected chi connectivity index (χ0v) is 10.9. The number of aliphatic carboxylic acids is 1. The third-order valence-corrected chi connectivity index (χ3v) is 2.13. The van der Waals surface area contributed by atoms with Gasteiger partial charge in [0, 0.05) is 6.20 Å². The molecule has 98 valence electrons. The molecule has 0 bridgehead atoms. The predicted molar refractivity (Wildman–Crippen MR) is 67.4 cm³/mol. The lowest BCUT2D eigenvalue weighted by Crippen LogP contribution is -2.27. The summed E-state index contributed by atoms with van der Waals surface area (Å²) in [5.74, 6) is -1.08. The summed E-state index contributed by atoms with van der Waals surface area (Å²) in [6.45, 7) is 6.86. The van der Waals surface area contributed by atoms with Gasteiger partial charge in [-0.25, -0.2) is 9.59 Å². The lowest BCUT2D eigenvalue weighted by Gasteiger charge is -2.20. The van der Waals surface area contributed by atoms with Crippen molar-refractivity contribution in [3.05, 3.63) is 30.1 Å². The van der Waals surface area contributed by atoms with Gasteiger partial charge in [-0.2, -0.15) is 0 Å². The van der Waals surface area contributed by atoms with Crippen LogP contribution in [0, 0.1) is 0 Å². The van der Waals surface area contributed by atoms with Crippen LogP contribution >= 0.6 is 0 Å². The number of carbonyl (C=O) groups is 2. The van der Waals surface area contributed by atoms with Gasteiger partial charge in [0.05, 0.1) is 11.3 Å². The minimum absolute atomic E-state index is 0.0610. The van der Waals surface area contributed by atoms with E-state index in [9.17, 15) is 9.59 Å². The molecule has 0 aliphatic carbocycles. The number of hydrogen-bond acceptors (Lipinski definition) is 3. The van der Waals surface area contributed by atoms with E-state index in [4.69, 9.17) is 9.84 Å². The van der Waals surface area contributed by atoms with E-state index in [0.717, 1.165) is 0 Å². The first-order valence-electron chi connectivity index (χ1n) is 5.57. The first-order valence-corrected chi connectivity index (χ1v) is 5.57. The number of carbonyl (C=O) groups excluding carboxylic acids is 1. The molecule has 1 aromatic heterocycles. The van der Waals surface area contributed by atoms with Crippen molar-refractivity contribution in [1.82, 2.24) is 4.57 Å². The standard InChI is InChI=1S/C13H17NO4/c1-5-9(11(15)16)10-7-6-8-14(10)12(17)18-13(2,3)4/h5-8H,1-4H3,(H,15,16). The van der Waals surface area contributed by atoms with E-state index < -0.39 is 17.7 Å². The molecule has 0 radical (unpaired) electrons. The van der Waals surface area contributed by atoms with Crippen molar-refractivity contribution in [1.29, 1.82) is 0 Å². The van der Waals surface area contributed by atoms with E-state index in [1.54, 1.807) is 39.8 Å². The fourth-order valence-electron chi connectivity index (χ4n) is 1.45. The Morgan fingerprint density at radius 3 is 2.44 bits per heavy atom. The molecule has 18 heavy (non-hydrogen) atoms. The average Bonchev–Trinajstić information content (AvgIpc) is 2.64. The van der Waals surface area contributed by atoms with Crippen LogP contribution < -0.4 is 0 Å². The van der Waals surface area contributed by atoms with Crippen LogP contribution in [0.5, 0.6) is 0 Å². The summed E-state index contributed by atoms with van der Waals surface area (Å²) < 4.78 is 6.39. The van der Waals surface area contributed by atoms with E-state index >= 15 is 0 Å². The highest BCUT2D eigenvalue weighted by atomic mass is 16.6. The Labute approximate surface area is 106 Å². The number of hydrogen-bond donors (Lipinski definition) is 1. The Morgan fingerprint density at radius 2 is 2.00 bits per heavy atom. The van der Waals surface area contributed by atoms with Crippen LogP contribution in [0.25, 0.3) is 5.57 Å². The van der Waals surface area contributed by atoms with Crippen LogP contribution in [0.1, 0.15) is 33.4 Å². The van der Waals surface area contributed by atoms with Gasteiger partial charge in [0.2, 0.25) is 0 Å². The minimum Gasteiger partial charge on any atom is -0.478 e. The van der Waals surface area contributed by atoms with E-state index in [0.29, 0.717) is 5.69 Å². The molecule has 0 saturated heterocycles. The predicted octanol–water partition coefficient (Wildman–Crippen LogP) is 2.76. The van der Waals surface area contributed by atoms with Crippen LogP contribution in [0.15, 0.2) is 24.4 Å². The fourth-order valence-corrected chi connectivity index (χ4v) is 1.45. The molecule has 1 aromatic rings. The van der Waals surface area contributed by atoms with Crippen molar-refractivity contribution in [3.63, 3.8) is 0 Å². The van der Waals surface area contributed by atoms with Gasteiger partial charge in [-0.15, -0.1) is 0 Å². The summed E-state index contributed by atoms with van der Waals surface area (Å²) in [5, 5.41) is 9.05. The molecule has 0 aliphatic rings. The van der Waals surface area contributed by atoms with Crippen LogP contribution in [0.2, 0.25) is 0 Å². The second-order valence-corrected chi connectivity index (χ2v) is 4.75. The smallest absolute Gasteiger partial charge is 0.418 e. The molecule has 0 atom stereocenters. The highest BCUT2D eigenvalue weighted by molar-refractivity contribution is 6.15. The molecule has 5 heteroatoms. The van der Waals surface area contributed by atoms with Crippen LogP contribution in [0.4, 0.5) is 4.79 Å². The lowest BCUT2D eigenvalue weighted by atomic mass is 10.2. The Bertz CT molecular complexity index is 491. The van der Waals surface area contributed by atoms with Gasteiger partial charge < -0.3 is 9.84 Å². The fraction of sp³-hybridized carbons (Fsp3) is 0.385. The molecule has 0 amide bonds. The summed E-state index contributed by atoms with van der Waals surface area (Å²) in [4.78, 5) is 23.0. The van der Waals surface area contributed by atoms with Gasteiger partial charge in [-0.1, -0.05) is 6.08 Å². The van der Waals surface area contributed by atoms with E-state index in [-0.39, 0.29) is 5.57 Å². The SMILES string of the molecule is CC=C(C(=O)O)c1cccn1C(=O)OC(C)(C)C. The second kappa shape index (κ2) is 5.08. The molecular formula is C13H17NO4. The maximum atomic E-state index is 11.9. The Kier molecular flexibility index (Phi) is 3.96. The Balaban J connectivity index is 3.10. The van der Waals surface area contributed by atoms with Crippen molar-refractivity contribution in [3.8, 4) is 0 Å². The van der Waals surface area contributed by atoms with Gasteiger partial charge in [0.15, 0.2) is 0 Å². The molecule has 1 heterocycles. The zero-order valence-electron chi connectivity index (χ0n) is 10.9. The number of ether oxygens (including phenoxy) is 1. The maximum Gasteiger partial charge on any atom is 0.418 e. The molecular weight excluding hydrogens is 234 g/mol. The summed E-state index contributed by atoms with van der Waals surface area (Å²) in [5.41, 5.74) is -0.261. The van der Waals surface area contributed by atoms with Gasteiger partial charge >= 0.3 is 12.1 Å². The van der Waals surface area contributed by atoms with Gasteiger partial charge in [0.25, 0.3) is 0 Å². The number of aromatic nitrogens is 1. The third-order valence-electron chi connectivity index (χ3n) is 2.13.